The predicted molar refractivity (Wildman–Crippen MR) is 294 cm³/mol. The van der Waals surface area contributed by atoms with E-state index in [0.717, 1.165) is 106 Å². The van der Waals surface area contributed by atoms with Crippen LogP contribution in [0.25, 0.3) is 110 Å². The van der Waals surface area contributed by atoms with Gasteiger partial charge in [-0.3, -0.25) is 9.97 Å². The number of hydrogen-bond acceptors (Lipinski definition) is 3. The molecule has 0 radical (unpaired) electrons. The number of nitrogens with zero attached hydrogens (tertiary/aromatic N) is 6. The van der Waals surface area contributed by atoms with Crippen LogP contribution in [0.4, 0.5) is 5.69 Å². The second-order valence-corrected chi connectivity index (χ2v) is 19.2. The van der Waals surface area contributed by atoms with Crippen LogP contribution in [0.2, 0.25) is 0 Å². The summed E-state index contributed by atoms with van der Waals surface area (Å²) in [6.45, 7) is 8.01. The van der Waals surface area contributed by atoms with Crippen molar-refractivity contribution in [3.63, 3.8) is 0 Å². The number of hydrogen-bond donors (Lipinski definition) is 0. The molecule has 0 fully saturated rings. The molecular formula is C66H38N6O. The molecule has 0 N–H and O–H groups in total. The second-order valence-electron chi connectivity index (χ2n) is 19.2. The molecule has 1 spiro atoms. The van der Waals surface area contributed by atoms with Crippen LogP contribution < -0.4 is 4.74 Å². The van der Waals surface area contributed by atoms with Gasteiger partial charge in [0.2, 0.25) is 0 Å². The second kappa shape index (κ2) is 14.8. The fourth-order valence-corrected chi connectivity index (χ4v) is 12.6. The van der Waals surface area contributed by atoms with Crippen molar-refractivity contribution in [2.75, 3.05) is 0 Å². The molecule has 7 heteroatoms. The zero-order valence-electron chi connectivity index (χ0n) is 39.0. The predicted octanol–water partition coefficient (Wildman–Crippen LogP) is 16.5. The summed E-state index contributed by atoms with van der Waals surface area (Å²) in [6.07, 6.45) is 3.86. The van der Waals surface area contributed by atoms with Crippen LogP contribution >= 0.6 is 0 Å². The van der Waals surface area contributed by atoms with Gasteiger partial charge >= 0.3 is 0 Å². The molecule has 2 aliphatic rings. The minimum absolute atomic E-state index is 0.600. The number of fused-ring (bicyclic) bond motifs is 18. The van der Waals surface area contributed by atoms with E-state index in [1.165, 1.54) is 32.6 Å². The number of benzene rings is 9. The minimum Gasteiger partial charge on any atom is -0.457 e. The Hall–Kier alpha value is -10.0. The van der Waals surface area contributed by atoms with Gasteiger partial charge in [-0.1, -0.05) is 115 Å². The molecule has 1 aliphatic carbocycles. The standard InChI is InChI=1S/C66H38N6O/c1-67-42-25-33-61-51(37-42)50-35-40(24-32-60(50)71(61)44-28-26-43(27-29-44)70-56-19-7-2-13-46(56)47-14-3-8-20-57(47)70)41-36-55-65(69-39-41)64-54(18-12-34-68-64)66(55)52-17-6-11-23-62(52)73-63-38-45(30-31-53(63)66)72-58-21-9-4-15-48(58)49-16-5-10-22-59(49)72/h2-39H. The summed E-state index contributed by atoms with van der Waals surface area (Å²) in [5.41, 5.74) is 17.7. The van der Waals surface area contributed by atoms with Crippen LogP contribution in [-0.2, 0) is 5.41 Å². The van der Waals surface area contributed by atoms with Crippen LogP contribution in [0.1, 0.15) is 22.3 Å². The third kappa shape index (κ3) is 5.36. The van der Waals surface area contributed by atoms with Gasteiger partial charge in [0.25, 0.3) is 0 Å². The fraction of sp³-hybridized carbons (Fsp3) is 0.0152. The van der Waals surface area contributed by atoms with Gasteiger partial charge in [-0.25, -0.2) is 4.85 Å². The van der Waals surface area contributed by atoms with Gasteiger partial charge in [-0.05, 0) is 114 Å². The summed E-state index contributed by atoms with van der Waals surface area (Å²) in [4.78, 5) is 14.3. The van der Waals surface area contributed by atoms with Crippen molar-refractivity contribution in [3.8, 4) is 51.1 Å². The molecule has 338 valence electrons. The average molecular weight is 931 g/mol. The first kappa shape index (κ1) is 39.8. The molecule has 6 heterocycles. The lowest BCUT2D eigenvalue weighted by molar-refractivity contribution is 0.436. The van der Waals surface area contributed by atoms with E-state index in [9.17, 15) is 0 Å². The van der Waals surface area contributed by atoms with Gasteiger partial charge in [0.15, 0.2) is 5.69 Å². The number of ether oxygens (including phenoxy) is 1. The van der Waals surface area contributed by atoms with Crippen molar-refractivity contribution >= 4 is 71.1 Å². The average Bonchev–Trinajstić information content (AvgIpc) is 4.17. The topological polar surface area (TPSA) is 54.2 Å². The highest BCUT2D eigenvalue weighted by Crippen LogP contribution is 2.62. The van der Waals surface area contributed by atoms with Crippen molar-refractivity contribution in [2.24, 2.45) is 0 Å². The molecule has 1 unspecified atom stereocenters. The molecule has 16 rings (SSSR count). The monoisotopic (exact) mass is 930 g/mol. The van der Waals surface area contributed by atoms with Gasteiger partial charge in [-0.2, -0.15) is 0 Å². The molecule has 14 aromatic rings. The van der Waals surface area contributed by atoms with Crippen molar-refractivity contribution in [1.82, 2.24) is 23.7 Å². The summed E-state index contributed by atoms with van der Waals surface area (Å²) in [7, 11) is 0. The Morgan fingerprint density at radius 3 is 1.52 bits per heavy atom. The normalized spacial score (nSPS) is 14.5. The molecule has 73 heavy (non-hydrogen) atoms. The maximum absolute atomic E-state index is 8.01. The lowest BCUT2D eigenvalue weighted by Gasteiger charge is -2.39. The number of aromatic nitrogens is 5. The first-order chi connectivity index (χ1) is 36.2. The van der Waals surface area contributed by atoms with Crippen molar-refractivity contribution in [1.29, 1.82) is 0 Å². The summed E-state index contributed by atoms with van der Waals surface area (Å²) >= 11 is 0. The summed E-state index contributed by atoms with van der Waals surface area (Å²) in [5, 5.41) is 6.97. The fourth-order valence-electron chi connectivity index (χ4n) is 12.6. The summed E-state index contributed by atoms with van der Waals surface area (Å²) in [5.74, 6) is 1.59. The van der Waals surface area contributed by atoms with E-state index in [1.54, 1.807) is 0 Å². The smallest absolute Gasteiger partial charge is 0.188 e. The Morgan fingerprint density at radius 1 is 0.370 bits per heavy atom. The molecule has 7 nitrogen and oxygen atoms in total. The molecule has 5 aromatic heterocycles. The highest BCUT2D eigenvalue weighted by Gasteiger charge is 2.52. The van der Waals surface area contributed by atoms with Gasteiger partial charge < -0.3 is 18.4 Å². The van der Waals surface area contributed by atoms with E-state index < -0.39 is 5.41 Å². The molecule has 1 atom stereocenters. The Bertz CT molecular complexity index is 4630. The quantitative estimate of drug-likeness (QED) is 0.165. The van der Waals surface area contributed by atoms with Crippen LogP contribution in [0.15, 0.2) is 231 Å². The van der Waals surface area contributed by atoms with Crippen LogP contribution in [-0.4, -0.2) is 23.7 Å². The summed E-state index contributed by atoms with van der Waals surface area (Å²) in [6, 6.07) is 77.7. The Morgan fingerprint density at radius 2 is 0.877 bits per heavy atom. The molecule has 0 saturated carbocycles. The third-order valence-electron chi connectivity index (χ3n) is 15.6. The third-order valence-corrected chi connectivity index (χ3v) is 15.6. The Labute approximate surface area is 418 Å². The molecule has 9 aromatic carbocycles. The highest BCUT2D eigenvalue weighted by atomic mass is 16.5. The molecule has 1 aliphatic heterocycles. The van der Waals surface area contributed by atoms with Gasteiger partial charge in [0.1, 0.15) is 11.5 Å². The Balaban J connectivity index is 0.868. The molecule has 0 bridgehead atoms. The first-order valence-corrected chi connectivity index (χ1v) is 24.6. The van der Waals surface area contributed by atoms with E-state index in [2.05, 4.69) is 213 Å². The SMILES string of the molecule is [C-]#[N+]c1ccc2c(c1)c1cc(-c3cnc4c(c3)C3(c5ccccc5Oc5cc(-n6c7ccccc7c7ccccc76)ccc53)c3cccnc3-4)ccc1n2-c1ccc(-n2c3ccccc3c3ccccc32)cc1. The maximum Gasteiger partial charge on any atom is 0.188 e. The van der Waals surface area contributed by atoms with Gasteiger partial charge in [0, 0.05) is 84.7 Å². The molecule has 0 saturated heterocycles. The largest absolute Gasteiger partial charge is 0.457 e. The molecule has 0 amide bonds. The van der Waals surface area contributed by atoms with E-state index in [-0.39, 0.29) is 0 Å². The van der Waals surface area contributed by atoms with Gasteiger partial charge in [-0.15, -0.1) is 0 Å². The van der Waals surface area contributed by atoms with E-state index in [1.807, 2.05) is 36.7 Å². The van der Waals surface area contributed by atoms with E-state index >= 15 is 0 Å². The minimum atomic E-state index is -0.776. The lowest BCUT2D eigenvalue weighted by atomic mass is 9.66. The lowest BCUT2D eigenvalue weighted by Crippen LogP contribution is -2.32. The summed E-state index contributed by atoms with van der Waals surface area (Å²) < 4.78 is 14.0. The number of rotatable bonds is 4. The zero-order chi connectivity index (χ0) is 47.9. The highest BCUT2D eigenvalue weighted by molar-refractivity contribution is 6.13. The van der Waals surface area contributed by atoms with Crippen LogP contribution in [0, 0.1) is 6.57 Å². The number of para-hydroxylation sites is 5. The molecular weight excluding hydrogens is 893 g/mol. The first-order valence-electron chi connectivity index (χ1n) is 24.6. The van der Waals surface area contributed by atoms with E-state index in [0.29, 0.717) is 5.69 Å². The zero-order valence-corrected chi connectivity index (χ0v) is 39.0. The van der Waals surface area contributed by atoms with Crippen LogP contribution in [0.3, 0.4) is 0 Å². The Kier molecular flexibility index (Phi) is 8.04. The number of pyridine rings is 2. The van der Waals surface area contributed by atoms with E-state index in [4.69, 9.17) is 21.3 Å². The van der Waals surface area contributed by atoms with Crippen LogP contribution in [0.5, 0.6) is 11.5 Å². The van der Waals surface area contributed by atoms with Crippen molar-refractivity contribution < 1.29 is 4.74 Å². The van der Waals surface area contributed by atoms with Gasteiger partial charge in [0.05, 0.1) is 56.5 Å². The van der Waals surface area contributed by atoms with Crippen molar-refractivity contribution in [2.45, 2.75) is 5.41 Å². The van der Waals surface area contributed by atoms with Crippen molar-refractivity contribution in [3.05, 3.63) is 264 Å². The maximum atomic E-state index is 8.01.